The summed E-state index contributed by atoms with van der Waals surface area (Å²) in [5.41, 5.74) is 0. The van der Waals surface area contributed by atoms with Crippen LogP contribution < -0.4 is 0 Å². The van der Waals surface area contributed by atoms with Crippen LogP contribution in [0.5, 0.6) is 0 Å². The third-order valence-electron chi connectivity index (χ3n) is 2.24. The first-order valence-electron chi connectivity index (χ1n) is 4.60. The Hall–Kier alpha value is -1.19. The van der Waals surface area contributed by atoms with Crippen LogP contribution in [0.1, 0.15) is 11.9 Å². The Morgan fingerprint density at radius 1 is 1.44 bits per heavy atom. The van der Waals surface area contributed by atoms with Crippen LogP contribution in [0.2, 0.25) is 0 Å². The van der Waals surface area contributed by atoms with Gasteiger partial charge < -0.3 is 14.3 Å². The lowest BCUT2D eigenvalue weighted by molar-refractivity contribution is -0.402. The fourth-order valence-electron chi connectivity index (χ4n) is 1.39. The van der Waals surface area contributed by atoms with E-state index in [1.165, 1.54) is 6.07 Å². The molecule has 0 bridgehead atoms. The standard InChI is InChI=1S/C9H5Br2NO6/c10-5-6(11)9(14)18-8(5)7(13)3-1-2-4(17-3)12(15)16/h1-2,7-8,13H. The molecule has 2 unspecified atom stereocenters. The lowest BCUT2D eigenvalue weighted by Crippen LogP contribution is -2.19. The van der Waals surface area contributed by atoms with Crippen molar-refractivity contribution in [2.75, 3.05) is 0 Å². The predicted molar refractivity (Wildman–Crippen MR) is 65.1 cm³/mol. The summed E-state index contributed by atoms with van der Waals surface area (Å²) < 4.78 is 10.2. The minimum absolute atomic E-state index is 0.0568. The van der Waals surface area contributed by atoms with E-state index in [1.54, 1.807) is 0 Å². The summed E-state index contributed by atoms with van der Waals surface area (Å²) in [5, 5.41) is 20.4. The molecule has 0 saturated heterocycles. The van der Waals surface area contributed by atoms with E-state index < -0.39 is 29.0 Å². The summed E-state index contributed by atoms with van der Waals surface area (Å²) in [5.74, 6) is -1.18. The van der Waals surface area contributed by atoms with Gasteiger partial charge in [0.2, 0.25) is 0 Å². The zero-order chi connectivity index (χ0) is 13.4. The van der Waals surface area contributed by atoms with Gasteiger partial charge >= 0.3 is 11.9 Å². The van der Waals surface area contributed by atoms with Gasteiger partial charge in [0.15, 0.2) is 12.2 Å². The topological polar surface area (TPSA) is 103 Å². The highest BCUT2D eigenvalue weighted by atomic mass is 79.9. The van der Waals surface area contributed by atoms with Gasteiger partial charge in [0, 0.05) is 0 Å². The van der Waals surface area contributed by atoms with Crippen LogP contribution in [-0.2, 0) is 9.53 Å². The van der Waals surface area contributed by atoms with Crippen LogP contribution in [0.15, 0.2) is 25.5 Å². The van der Waals surface area contributed by atoms with Crippen molar-refractivity contribution in [1.82, 2.24) is 0 Å². The molecule has 1 N–H and O–H groups in total. The molecule has 0 fully saturated rings. The van der Waals surface area contributed by atoms with Crippen LogP contribution in [0.3, 0.4) is 0 Å². The van der Waals surface area contributed by atoms with Crippen molar-refractivity contribution < 1.29 is 24.0 Å². The minimum atomic E-state index is -1.33. The lowest BCUT2D eigenvalue weighted by atomic mass is 10.1. The average molecular weight is 383 g/mol. The highest BCUT2D eigenvalue weighted by Crippen LogP contribution is 2.38. The molecule has 1 aliphatic rings. The number of rotatable bonds is 3. The fraction of sp³-hybridized carbons (Fsp3) is 0.222. The summed E-state index contributed by atoms with van der Waals surface area (Å²) in [4.78, 5) is 21.0. The minimum Gasteiger partial charge on any atom is -0.450 e. The number of ether oxygens (including phenoxy) is 1. The molecule has 2 atom stereocenters. The molecule has 96 valence electrons. The van der Waals surface area contributed by atoms with Gasteiger partial charge in [-0.2, -0.15) is 0 Å². The second-order valence-corrected chi connectivity index (χ2v) is 5.01. The molecule has 0 aliphatic carbocycles. The maximum atomic E-state index is 11.2. The van der Waals surface area contributed by atoms with E-state index in [2.05, 4.69) is 31.9 Å². The number of nitrogens with zero attached hydrogens (tertiary/aromatic N) is 1. The smallest absolute Gasteiger partial charge is 0.433 e. The molecular formula is C9H5Br2NO6. The van der Waals surface area contributed by atoms with Gasteiger partial charge in [-0.1, -0.05) is 0 Å². The third kappa shape index (κ3) is 2.20. The third-order valence-corrected chi connectivity index (χ3v) is 4.37. The Morgan fingerprint density at radius 3 is 2.56 bits per heavy atom. The first-order chi connectivity index (χ1) is 8.41. The van der Waals surface area contributed by atoms with Gasteiger partial charge in [0.25, 0.3) is 0 Å². The molecule has 2 heterocycles. The summed E-state index contributed by atoms with van der Waals surface area (Å²) in [7, 11) is 0. The number of hydrogen-bond donors (Lipinski definition) is 1. The number of hydrogen-bond acceptors (Lipinski definition) is 6. The maximum absolute atomic E-state index is 11.2. The first-order valence-corrected chi connectivity index (χ1v) is 6.18. The quantitative estimate of drug-likeness (QED) is 0.488. The van der Waals surface area contributed by atoms with E-state index in [9.17, 15) is 20.0 Å². The molecule has 1 aromatic rings. The van der Waals surface area contributed by atoms with Crippen molar-refractivity contribution in [3.8, 4) is 0 Å². The number of carbonyl (C=O) groups excluding carboxylic acids is 1. The molecule has 1 aliphatic heterocycles. The molecule has 0 saturated carbocycles. The van der Waals surface area contributed by atoms with Crippen LogP contribution in [-0.4, -0.2) is 22.1 Å². The second kappa shape index (κ2) is 4.82. The van der Waals surface area contributed by atoms with Crippen LogP contribution in [0, 0.1) is 10.1 Å². The van der Waals surface area contributed by atoms with E-state index in [4.69, 9.17) is 9.15 Å². The Balaban J connectivity index is 2.24. The summed E-state index contributed by atoms with van der Waals surface area (Å²) in [6.45, 7) is 0. The SMILES string of the molecule is O=C1OC(C(O)c2ccc([N+](=O)[O-])o2)C(Br)=C1Br. The van der Waals surface area contributed by atoms with Crippen molar-refractivity contribution in [2.24, 2.45) is 0 Å². The van der Waals surface area contributed by atoms with Gasteiger partial charge in [-0.3, -0.25) is 10.1 Å². The molecule has 18 heavy (non-hydrogen) atoms. The van der Waals surface area contributed by atoms with Crippen LogP contribution >= 0.6 is 31.9 Å². The first kappa shape index (κ1) is 13.2. The van der Waals surface area contributed by atoms with Crippen LogP contribution in [0.4, 0.5) is 5.88 Å². The number of carbonyl (C=O) groups is 1. The van der Waals surface area contributed by atoms with Crippen molar-refractivity contribution in [3.63, 3.8) is 0 Å². The molecule has 9 heteroatoms. The van der Waals surface area contributed by atoms with Crippen molar-refractivity contribution in [3.05, 3.63) is 37.0 Å². The zero-order valence-corrected chi connectivity index (χ0v) is 11.7. The Morgan fingerprint density at radius 2 is 2.11 bits per heavy atom. The van der Waals surface area contributed by atoms with E-state index in [0.717, 1.165) is 6.07 Å². The van der Waals surface area contributed by atoms with E-state index in [-0.39, 0.29) is 10.2 Å². The average Bonchev–Trinajstić information content (AvgIpc) is 2.90. The van der Waals surface area contributed by atoms with Crippen LogP contribution in [0.25, 0.3) is 0 Å². The Bertz CT molecular complexity index is 551. The van der Waals surface area contributed by atoms with E-state index in [1.807, 2.05) is 0 Å². The lowest BCUT2D eigenvalue weighted by Gasteiger charge is -2.15. The van der Waals surface area contributed by atoms with Gasteiger partial charge in [0.1, 0.15) is 15.2 Å². The Labute approximate surface area is 117 Å². The largest absolute Gasteiger partial charge is 0.450 e. The van der Waals surface area contributed by atoms with Gasteiger partial charge in [-0.15, -0.1) is 0 Å². The summed E-state index contributed by atoms with van der Waals surface area (Å²) in [6, 6.07) is 2.37. The number of aliphatic hydroxyl groups is 1. The highest BCUT2D eigenvalue weighted by molar-refractivity contribution is 9.14. The van der Waals surface area contributed by atoms with Crippen molar-refractivity contribution in [1.29, 1.82) is 0 Å². The normalized spacial score (nSPS) is 21.1. The molecule has 0 spiro atoms. The molecule has 0 radical (unpaired) electrons. The fourth-order valence-corrected chi connectivity index (χ4v) is 2.22. The van der Waals surface area contributed by atoms with Crippen molar-refractivity contribution >= 4 is 43.7 Å². The number of furan rings is 1. The molecule has 7 nitrogen and oxygen atoms in total. The molecule has 0 aromatic carbocycles. The Kier molecular flexibility index (Phi) is 3.55. The molecule has 1 aromatic heterocycles. The number of halogens is 2. The summed E-state index contributed by atoms with van der Waals surface area (Å²) in [6.07, 6.45) is -2.32. The monoisotopic (exact) mass is 381 g/mol. The molecule has 2 rings (SSSR count). The highest BCUT2D eigenvalue weighted by Gasteiger charge is 2.38. The predicted octanol–water partition coefficient (Wildman–Crippen LogP) is 2.15. The second-order valence-electron chi connectivity index (χ2n) is 3.37. The summed E-state index contributed by atoms with van der Waals surface area (Å²) >= 11 is 6.08. The van der Waals surface area contributed by atoms with Gasteiger partial charge in [-0.25, -0.2) is 4.79 Å². The molecule has 0 amide bonds. The van der Waals surface area contributed by atoms with Crippen molar-refractivity contribution in [2.45, 2.75) is 12.2 Å². The van der Waals surface area contributed by atoms with E-state index >= 15 is 0 Å². The number of nitro groups is 1. The number of cyclic esters (lactones) is 1. The maximum Gasteiger partial charge on any atom is 0.433 e. The zero-order valence-electron chi connectivity index (χ0n) is 8.50. The number of aliphatic hydroxyl groups excluding tert-OH is 1. The van der Waals surface area contributed by atoms with Gasteiger partial charge in [-0.05, 0) is 37.9 Å². The number of esters is 1. The molecular weight excluding hydrogens is 378 g/mol. The van der Waals surface area contributed by atoms with E-state index in [0.29, 0.717) is 4.48 Å². The van der Waals surface area contributed by atoms with Gasteiger partial charge in [0.05, 0.1) is 10.5 Å².